The summed E-state index contributed by atoms with van der Waals surface area (Å²) in [5.74, 6) is 0.750. The van der Waals surface area contributed by atoms with Crippen LogP contribution in [0, 0.1) is 19.8 Å². The summed E-state index contributed by atoms with van der Waals surface area (Å²) in [6.07, 6.45) is 4.60. The van der Waals surface area contributed by atoms with Gasteiger partial charge in [-0.15, -0.1) is 0 Å². The van der Waals surface area contributed by atoms with E-state index in [-0.39, 0.29) is 11.4 Å². The van der Waals surface area contributed by atoms with E-state index in [1.807, 2.05) is 19.1 Å². The van der Waals surface area contributed by atoms with E-state index in [1.165, 1.54) is 18.4 Å². The molecule has 0 bridgehead atoms. The number of aryl methyl sites for hydroxylation is 1. The minimum atomic E-state index is -0.0784. The van der Waals surface area contributed by atoms with Crippen LogP contribution in [-0.2, 0) is 0 Å². The summed E-state index contributed by atoms with van der Waals surface area (Å²) < 4.78 is 0. The van der Waals surface area contributed by atoms with Gasteiger partial charge in [-0.3, -0.25) is 4.79 Å². The van der Waals surface area contributed by atoms with Crippen LogP contribution in [0.2, 0.25) is 0 Å². The van der Waals surface area contributed by atoms with Crippen molar-refractivity contribution in [2.75, 3.05) is 5.33 Å². The number of carbonyl (C=O) groups is 1. The lowest BCUT2D eigenvalue weighted by molar-refractivity contribution is 0.0869. The lowest BCUT2D eigenvalue weighted by atomic mass is 9.77. The maximum Gasteiger partial charge on any atom is 0.252 e. The first-order chi connectivity index (χ1) is 9.47. The molecule has 1 aromatic rings. The van der Waals surface area contributed by atoms with Crippen LogP contribution >= 0.6 is 15.9 Å². The fourth-order valence-electron chi connectivity index (χ4n) is 3.23. The fraction of sp³-hybridized carbons (Fsp3) is 0.588. The Morgan fingerprint density at radius 2 is 2.20 bits per heavy atom. The van der Waals surface area contributed by atoms with E-state index in [0.29, 0.717) is 5.92 Å². The van der Waals surface area contributed by atoms with Gasteiger partial charge in [0.2, 0.25) is 0 Å². The molecule has 1 aliphatic carbocycles. The molecular weight excluding hydrogens is 314 g/mol. The molecular formula is C17H24BrNO. The molecule has 2 rings (SSSR count). The SMILES string of the molecule is Cc1cccc(C(=O)NC2(CBr)CCCC(C)C2)c1C. The van der Waals surface area contributed by atoms with Crippen LogP contribution in [0.3, 0.4) is 0 Å². The molecule has 0 aromatic heterocycles. The Morgan fingerprint density at radius 3 is 2.85 bits per heavy atom. The Labute approximate surface area is 130 Å². The van der Waals surface area contributed by atoms with E-state index in [0.717, 1.165) is 29.3 Å². The standard InChI is InChI=1S/C17H24BrNO/c1-12-6-5-9-17(10-12,11-18)19-16(20)15-8-4-7-13(2)14(15)3/h4,7-8,12H,5-6,9-11H2,1-3H3,(H,19,20). The van der Waals surface area contributed by atoms with Crippen LogP contribution in [0.5, 0.6) is 0 Å². The van der Waals surface area contributed by atoms with Crippen molar-refractivity contribution in [1.29, 1.82) is 0 Å². The van der Waals surface area contributed by atoms with Crippen LogP contribution < -0.4 is 5.32 Å². The number of hydrogen-bond donors (Lipinski definition) is 1. The third-order valence-electron chi connectivity index (χ3n) is 4.58. The topological polar surface area (TPSA) is 29.1 Å². The summed E-state index contributed by atoms with van der Waals surface area (Å²) in [6, 6.07) is 5.93. The van der Waals surface area contributed by atoms with Crippen molar-refractivity contribution in [2.45, 2.75) is 52.0 Å². The van der Waals surface area contributed by atoms with E-state index < -0.39 is 0 Å². The summed E-state index contributed by atoms with van der Waals surface area (Å²) >= 11 is 3.61. The highest BCUT2D eigenvalue weighted by Crippen LogP contribution is 2.34. The van der Waals surface area contributed by atoms with Gasteiger partial charge < -0.3 is 5.32 Å². The quantitative estimate of drug-likeness (QED) is 0.815. The van der Waals surface area contributed by atoms with Crippen LogP contribution in [0.1, 0.15) is 54.1 Å². The van der Waals surface area contributed by atoms with Gasteiger partial charge in [0.1, 0.15) is 0 Å². The second kappa shape index (κ2) is 6.30. The van der Waals surface area contributed by atoms with E-state index in [4.69, 9.17) is 0 Å². The summed E-state index contributed by atoms with van der Waals surface area (Å²) in [7, 11) is 0. The third kappa shape index (κ3) is 3.25. The molecule has 1 aliphatic rings. The van der Waals surface area contributed by atoms with Gasteiger partial charge in [0.25, 0.3) is 5.91 Å². The molecule has 0 radical (unpaired) electrons. The van der Waals surface area contributed by atoms with Crippen molar-refractivity contribution in [3.8, 4) is 0 Å². The van der Waals surface area contributed by atoms with Crippen molar-refractivity contribution < 1.29 is 4.79 Å². The van der Waals surface area contributed by atoms with Gasteiger partial charge in [0, 0.05) is 10.9 Å². The van der Waals surface area contributed by atoms with E-state index in [1.54, 1.807) is 0 Å². The molecule has 1 aromatic carbocycles. The Kier molecular flexibility index (Phi) is 4.90. The lowest BCUT2D eigenvalue weighted by Gasteiger charge is -2.39. The van der Waals surface area contributed by atoms with E-state index in [2.05, 4.69) is 41.2 Å². The van der Waals surface area contributed by atoms with Crippen molar-refractivity contribution in [3.63, 3.8) is 0 Å². The third-order valence-corrected chi connectivity index (χ3v) is 5.65. The largest absolute Gasteiger partial charge is 0.346 e. The molecule has 1 amide bonds. The van der Waals surface area contributed by atoms with Crippen molar-refractivity contribution in [3.05, 3.63) is 34.9 Å². The molecule has 110 valence electrons. The van der Waals surface area contributed by atoms with Crippen molar-refractivity contribution in [2.24, 2.45) is 5.92 Å². The molecule has 3 heteroatoms. The smallest absolute Gasteiger partial charge is 0.252 e. The number of rotatable bonds is 3. The van der Waals surface area contributed by atoms with Gasteiger partial charge in [0.05, 0.1) is 5.54 Å². The molecule has 1 fully saturated rings. The van der Waals surface area contributed by atoms with E-state index in [9.17, 15) is 4.79 Å². The number of amides is 1. The molecule has 1 saturated carbocycles. The van der Waals surface area contributed by atoms with Crippen LogP contribution in [0.15, 0.2) is 18.2 Å². The average Bonchev–Trinajstić information content (AvgIpc) is 2.41. The zero-order valence-corrected chi connectivity index (χ0v) is 14.2. The molecule has 1 N–H and O–H groups in total. The summed E-state index contributed by atoms with van der Waals surface area (Å²) in [6.45, 7) is 6.35. The summed E-state index contributed by atoms with van der Waals surface area (Å²) in [5.41, 5.74) is 2.98. The first-order valence-electron chi connectivity index (χ1n) is 7.42. The first-order valence-corrected chi connectivity index (χ1v) is 8.54. The van der Waals surface area contributed by atoms with Crippen LogP contribution in [0.25, 0.3) is 0 Å². The molecule has 2 nitrogen and oxygen atoms in total. The lowest BCUT2D eigenvalue weighted by Crippen LogP contribution is -2.52. The number of alkyl halides is 1. The van der Waals surface area contributed by atoms with Crippen LogP contribution in [-0.4, -0.2) is 16.8 Å². The predicted molar refractivity (Wildman–Crippen MR) is 87.5 cm³/mol. The molecule has 0 aliphatic heterocycles. The zero-order valence-electron chi connectivity index (χ0n) is 12.6. The normalized spacial score (nSPS) is 26.3. The van der Waals surface area contributed by atoms with Gasteiger partial charge in [-0.05, 0) is 49.8 Å². The summed E-state index contributed by atoms with van der Waals surface area (Å²) in [4.78, 5) is 12.6. The number of benzene rings is 1. The highest BCUT2D eigenvalue weighted by Gasteiger charge is 2.35. The maximum absolute atomic E-state index is 12.6. The second-order valence-electron chi connectivity index (χ2n) is 6.32. The highest BCUT2D eigenvalue weighted by atomic mass is 79.9. The van der Waals surface area contributed by atoms with Gasteiger partial charge in [-0.2, -0.15) is 0 Å². The number of halogens is 1. The van der Waals surface area contributed by atoms with Crippen molar-refractivity contribution in [1.82, 2.24) is 5.32 Å². The summed E-state index contributed by atoms with van der Waals surface area (Å²) in [5, 5.41) is 4.15. The number of carbonyl (C=O) groups excluding carboxylic acids is 1. The molecule has 0 spiro atoms. The molecule has 2 atom stereocenters. The minimum absolute atomic E-state index is 0.0692. The van der Waals surface area contributed by atoms with Gasteiger partial charge in [0.15, 0.2) is 0 Å². The molecule has 0 heterocycles. The molecule has 0 saturated heterocycles. The Balaban J connectivity index is 2.19. The van der Waals surface area contributed by atoms with E-state index >= 15 is 0 Å². The minimum Gasteiger partial charge on any atom is -0.346 e. The average molecular weight is 338 g/mol. The zero-order chi connectivity index (χ0) is 14.8. The number of hydrogen-bond acceptors (Lipinski definition) is 1. The Morgan fingerprint density at radius 1 is 1.45 bits per heavy atom. The van der Waals surface area contributed by atoms with Gasteiger partial charge >= 0.3 is 0 Å². The Bertz CT molecular complexity index is 500. The van der Waals surface area contributed by atoms with Crippen LogP contribution in [0.4, 0.5) is 0 Å². The number of nitrogens with one attached hydrogen (secondary N) is 1. The highest BCUT2D eigenvalue weighted by molar-refractivity contribution is 9.09. The molecule has 20 heavy (non-hydrogen) atoms. The first kappa shape index (κ1) is 15.6. The van der Waals surface area contributed by atoms with Gasteiger partial charge in [-0.25, -0.2) is 0 Å². The maximum atomic E-state index is 12.6. The Hall–Kier alpha value is -0.830. The fourth-order valence-corrected chi connectivity index (χ4v) is 3.88. The predicted octanol–water partition coefficient (Wildman–Crippen LogP) is 4.38. The molecule has 2 unspecified atom stereocenters. The monoisotopic (exact) mass is 337 g/mol. The van der Waals surface area contributed by atoms with Gasteiger partial charge in [-0.1, -0.05) is 47.8 Å². The second-order valence-corrected chi connectivity index (χ2v) is 6.88. The van der Waals surface area contributed by atoms with Crippen molar-refractivity contribution >= 4 is 21.8 Å².